The van der Waals surface area contributed by atoms with Gasteiger partial charge >= 0.3 is 0 Å². The zero-order chi connectivity index (χ0) is 14.8. The van der Waals surface area contributed by atoms with E-state index in [1.165, 1.54) is 12.3 Å². The Kier molecular flexibility index (Phi) is 4.07. The first-order valence-corrected chi connectivity index (χ1v) is 7.26. The molecule has 1 unspecified atom stereocenters. The number of halogens is 2. The van der Waals surface area contributed by atoms with Crippen LogP contribution in [0.25, 0.3) is 0 Å². The maximum atomic E-state index is 13.9. The van der Waals surface area contributed by atoms with Crippen molar-refractivity contribution in [2.45, 2.75) is 18.9 Å². The summed E-state index contributed by atoms with van der Waals surface area (Å²) in [4.78, 5) is 13.0. The summed E-state index contributed by atoms with van der Waals surface area (Å²) in [5, 5.41) is 10.6. The second-order valence-corrected chi connectivity index (χ2v) is 5.64. The lowest BCUT2D eigenvalue weighted by Crippen LogP contribution is -2.36. The Morgan fingerprint density at radius 1 is 1.38 bits per heavy atom. The van der Waals surface area contributed by atoms with E-state index < -0.39 is 11.9 Å². The molecule has 1 saturated heterocycles. The third-order valence-electron chi connectivity index (χ3n) is 3.87. The predicted molar refractivity (Wildman–Crippen MR) is 77.7 cm³/mol. The second-order valence-electron chi connectivity index (χ2n) is 5.20. The maximum Gasteiger partial charge on any atom is 0.167 e. The summed E-state index contributed by atoms with van der Waals surface area (Å²) in [5.41, 5.74) is 0. The molecular weight excluding hydrogens is 295 g/mol. The second kappa shape index (κ2) is 5.99. The first kappa shape index (κ1) is 14.3. The molecule has 1 fully saturated rings. The number of piperidine rings is 1. The lowest BCUT2D eigenvalue weighted by Gasteiger charge is -2.34. The van der Waals surface area contributed by atoms with Gasteiger partial charge in [-0.05, 0) is 24.8 Å². The SMILES string of the molecule is OC(c1ncc[nH]1)C1CCN(c2ncc(Cl)cc2F)CC1. The van der Waals surface area contributed by atoms with Crippen LogP contribution in [0.5, 0.6) is 0 Å². The molecule has 0 saturated carbocycles. The number of imidazole rings is 1. The summed E-state index contributed by atoms with van der Waals surface area (Å²) in [6.07, 6.45) is 5.67. The largest absolute Gasteiger partial charge is 0.385 e. The Balaban J connectivity index is 1.65. The van der Waals surface area contributed by atoms with Crippen molar-refractivity contribution in [2.75, 3.05) is 18.0 Å². The van der Waals surface area contributed by atoms with Crippen molar-refractivity contribution in [3.63, 3.8) is 0 Å². The number of H-pyrrole nitrogens is 1. The highest BCUT2D eigenvalue weighted by Gasteiger charge is 2.28. The molecule has 0 aromatic carbocycles. The standard InChI is InChI=1S/C14H16ClFN4O/c15-10-7-11(16)14(19-8-10)20-5-1-9(2-6-20)12(21)13-17-3-4-18-13/h3-4,7-9,12,21H,1-2,5-6H2,(H,17,18). The van der Waals surface area contributed by atoms with Crippen LogP contribution >= 0.6 is 11.6 Å². The van der Waals surface area contributed by atoms with Gasteiger partial charge in [0.05, 0.1) is 5.02 Å². The zero-order valence-corrected chi connectivity index (χ0v) is 12.1. The molecule has 1 atom stereocenters. The summed E-state index contributed by atoms with van der Waals surface area (Å²) in [5.74, 6) is 0.616. The van der Waals surface area contributed by atoms with Crippen LogP contribution in [0.15, 0.2) is 24.7 Å². The Morgan fingerprint density at radius 2 is 2.14 bits per heavy atom. The average Bonchev–Trinajstić information content (AvgIpc) is 3.01. The van der Waals surface area contributed by atoms with E-state index in [-0.39, 0.29) is 5.92 Å². The molecule has 5 nitrogen and oxygen atoms in total. The average molecular weight is 311 g/mol. The van der Waals surface area contributed by atoms with Crippen molar-refractivity contribution in [1.29, 1.82) is 0 Å². The molecule has 3 rings (SSSR count). The number of aromatic nitrogens is 3. The number of hydrogen-bond acceptors (Lipinski definition) is 4. The number of aromatic amines is 1. The Hall–Kier alpha value is -1.66. The van der Waals surface area contributed by atoms with Crippen molar-refractivity contribution in [3.05, 3.63) is 41.3 Å². The fraction of sp³-hybridized carbons (Fsp3) is 0.429. The van der Waals surface area contributed by atoms with E-state index in [2.05, 4.69) is 15.0 Å². The van der Waals surface area contributed by atoms with Gasteiger partial charge in [-0.25, -0.2) is 14.4 Å². The van der Waals surface area contributed by atoms with Gasteiger partial charge in [0.2, 0.25) is 0 Å². The van der Waals surface area contributed by atoms with Crippen molar-refractivity contribution in [3.8, 4) is 0 Å². The lowest BCUT2D eigenvalue weighted by molar-refractivity contribution is 0.0855. The van der Waals surface area contributed by atoms with Crippen LogP contribution in [0, 0.1) is 11.7 Å². The fourth-order valence-electron chi connectivity index (χ4n) is 2.73. The molecule has 2 aromatic heterocycles. The van der Waals surface area contributed by atoms with Crippen LogP contribution in [0.3, 0.4) is 0 Å². The molecule has 2 aromatic rings. The molecule has 0 spiro atoms. The van der Waals surface area contributed by atoms with Crippen LogP contribution in [-0.2, 0) is 0 Å². The van der Waals surface area contributed by atoms with E-state index in [4.69, 9.17) is 11.6 Å². The molecule has 0 radical (unpaired) electrons. The highest BCUT2D eigenvalue weighted by Crippen LogP contribution is 2.31. The monoisotopic (exact) mass is 310 g/mol. The molecule has 112 valence electrons. The summed E-state index contributed by atoms with van der Waals surface area (Å²) in [7, 11) is 0. The minimum Gasteiger partial charge on any atom is -0.385 e. The zero-order valence-electron chi connectivity index (χ0n) is 11.3. The smallest absolute Gasteiger partial charge is 0.167 e. The van der Waals surface area contributed by atoms with Crippen molar-refractivity contribution < 1.29 is 9.50 Å². The lowest BCUT2D eigenvalue weighted by atomic mass is 9.91. The van der Waals surface area contributed by atoms with Gasteiger partial charge in [0.1, 0.15) is 11.9 Å². The van der Waals surface area contributed by atoms with E-state index in [0.29, 0.717) is 29.8 Å². The number of rotatable bonds is 3. The van der Waals surface area contributed by atoms with Gasteiger partial charge in [-0.2, -0.15) is 0 Å². The van der Waals surface area contributed by atoms with Crippen LogP contribution in [0.1, 0.15) is 24.8 Å². The summed E-state index contributed by atoms with van der Waals surface area (Å²) in [6, 6.07) is 1.27. The highest BCUT2D eigenvalue weighted by atomic mass is 35.5. The van der Waals surface area contributed by atoms with Crippen molar-refractivity contribution in [1.82, 2.24) is 15.0 Å². The predicted octanol–water partition coefficient (Wildman–Crippen LogP) is 2.55. The van der Waals surface area contributed by atoms with E-state index in [1.54, 1.807) is 12.4 Å². The molecule has 3 heterocycles. The Morgan fingerprint density at radius 3 is 2.76 bits per heavy atom. The van der Waals surface area contributed by atoms with E-state index >= 15 is 0 Å². The van der Waals surface area contributed by atoms with Gasteiger partial charge in [0, 0.05) is 31.7 Å². The van der Waals surface area contributed by atoms with Gasteiger partial charge in [0.15, 0.2) is 11.6 Å². The molecule has 21 heavy (non-hydrogen) atoms. The van der Waals surface area contributed by atoms with Crippen molar-refractivity contribution in [2.24, 2.45) is 5.92 Å². The quantitative estimate of drug-likeness (QED) is 0.914. The molecule has 1 aliphatic rings. The molecule has 0 bridgehead atoms. The number of nitrogens with zero attached hydrogens (tertiary/aromatic N) is 3. The van der Waals surface area contributed by atoms with Crippen LogP contribution < -0.4 is 4.90 Å². The normalized spacial score (nSPS) is 18.0. The Bertz CT molecular complexity index is 599. The van der Waals surface area contributed by atoms with E-state index in [1.807, 2.05) is 4.90 Å². The van der Waals surface area contributed by atoms with Gasteiger partial charge in [-0.3, -0.25) is 0 Å². The molecular formula is C14H16ClFN4O. The van der Waals surface area contributed by atoms with Crippen LogP contribution in [0.2, 0.25) is 5.02 Å². The molecule has 1 aliphatic heterocycles. The maximum absolute atomic E-state index is 13.9. The minimum atomic E-state index is -0.606. The number of aliphatic hydroxyl groups is 1. The third kappa shape index (κ3) is 3.01. The summed E-state index contributed by atoms with van der Waals surface area (Å²) in [6.45, 7) is 1.29. The first-order valence-electron chi connectivity index (χ1n) is 6.88. The topological polar surface area (TPSA) is 65.0 Å². The van der Waals surface area contributed by atoms with Gasteiger partial charge in [-0.15, -0.1) is 0 Å². The van der Waals surface area contributed by atoms with Crippen LogP contribution in [0.4, 0.5) is 10.2 Å². The molecule has 7 heteroatoms. The van der Waals surface area contributed by atoms with Gasteiger partial charge in [0.25, 0.3) is 0 Å². The van der Waals surface area contributed by atoms with Gasteiger partial charge in [-0.1, -0.05) is 11.6 Å². The first-order chi connectivity index (χ1) is 10.1. The Labute approximate surface area is 126 Å². The van der Waals surface area contributed by atoms with Gasteiger partial charge < -0.3 is 15.0 Å². The fourth-order valence-corrected chi connectivity index (χ4v) is 2.87. The summed E-state index contributed by atoms with van der Waals surface area (Å²) >= 11 is 5.71. The number of hydrogen-bond donors (Lipinski definition) is 2. The van der Waals surface area contributed by atoms with E-state index in [9.17, 15) is 9.50 Å². The minimum absolute atomic E-state index is 0.114. The summed E-state index contributed by atoms with van der Waals surface area (Å²) < 4.78 is 13.9. The highest BCUT2D eigenvalue weighted by molar-refractivity contribution is 6.30. The number of nitrogens with one attached hydrogen (secondary N) is 1. The van der Waals surface area contributed by atoms with Crippen molar-refractivity contribution >= 4 is 17.4 Å². The molecule has 2 N–H and O–H groups in total. The third-order valence-corrected chi connectivity index (χ3v) is 4.08. The number of pyridine rings is 1. The molecule has 0 aliphatic carbocycles. The molecule has 0 amide bonds. The number of aliphatic hydroxyl groups excluding tert-OH is 1. The van der Waals surface area contributed by atoms with E-state index in [0.717, 1.165) is 12.8 Å². The number of anilines is 1. The van der Waals surface area contributed by atoms with Crippen LogP contribution in [-0.4, -0.2) is 33.1 Å².